The maximum atomic E-state index is 5.50. The summed E-state index contributed by atoms with van der Waals surface area (Å²) >= 11 is 0. The second-order valence-corrected chi connectivity index (χ2v) is 14.7. The summed E-state index contributed by atoms with van der Waals surface area (Å²) < 4.78 is 2.42. The summed E-state index contributed by atoms with van der Waals surface area (Å²) in [5.74, 6) is 0.705. The quantitative estimate of drug-likeness (QED) is 0.177. The topological polar surface area (TPSA) is 43.6 Å². The Morgan fingerprint density at radius 2 is 0.912 bits per heavy atom. The van der Waals surface area contributed by atoms with Gasteiger partial charge >= 0.3 is 0 Å². The van der Waals surface area contributed by atoms with Gasteiger partial charge in [0.2, 0.25) is 0 Å². The molecule has 3 aromatic heterocycles. The van der Waals surface area contributed by atoms with Gasteiger partial charge in [-0.1, -0.05) is 164 Å². The molecule has 0 spiro atoms. The summed E-state index contributed by atoms with van der Waals surface area (Å²) in [6.07, 6.45) is 0. The molecule has 4 nitrogen and oxygen atoms in total. The average Bonchev–Trinajstić information content (AvgIpc) is 3.81. The van der Waals surface area contributed by atoms with Gasteiger partial charge in [0.15, 0.2) is 5.82 Å². The van der Waals surface area contributed by atoms with Gasteiger partial charge in [-0.15, -0.1) is 0 Å². The van der Waals surface area contributed by atoms with E-state index >= 15 is 0 Å². The van der Waals surface area contributed by atoms with Gasteiger partial charge in [0.05, 0.1) is 33.6 Å². The molecule has 0 atom stereocenters. The van der Waals surface area contributed by atoms with Crippen LogP contribution in [0.2, 0.25) is 0 Å². The first kappa shape index (κ1) is 31.6. The molecule has 0 saturated carbocycles. The molecule has 0 amide bonds. The number of hydrogen-bond donors (Lipinski definition) is 0. The summed E-state index contributed by atoms with van der Waals surface area (Å²) in [5, 5.41) is 5.97. The molecule has 1 aliphatic rings. The SMILES string of the molecule is c1ccc(-c2cc(-c3ccc(-n4c5ccccc5c5c(-c6ccc7c8c(cccc68)-c6ccccc6-7)nc6ccccc6c54)cc3)nc(-c3ccccc3)n2)cc1. The van der Waals surface area contributed by atoms with E-state index in [0.29, 0.717) is 5.82 Å². The van der Waals surface area contributed by atoms with E-state index in [-0.39, 0.29) is 0 Å². The van der Waals surface area contributed by atoms with E-state index in [1.54, 1.807) is 0 Å². The van der Waals surface area contributed by atoms with Crippen molar-refractivity contribution >= 4 is 43.5 Å². The Balaban J connectivity index is 1.08. The van der Waals surface area contributed by atoms with E-state index < -0.39 is 0 Å². The minimum absolute atomic E-state index is 0.705. The van der Waals surface area contributed by atoms with Crippen LogP contribution in [0.4, 0.5) is 0 Å². The summed E-state index contributed by atoms with van der Waals surface area (Å²) in [6, 6.07) is 68.8. The van der Waals surface area contributed by atoms with Crippen LogP contribution in [0, 0.1) is 0 Å². The fourth-order valence-corrected chi connectivity index (χ4v) is 9.01. The van der Waals surface area contributed by atoms with Gasteiger partial charge in [0, 0.05) is 44.1 Å². The molecular weight excluding hydrogens is 693 g/mol. The van der Waals surface area contributed by atoms with Crippen LogP contribution in [0.5, 0.6) is 0 Å². The van der Waals surface area contributed by atoms with Crippen LogP contribution in [0.3, 0.4) is 0 Å². The minimum atomic E-state index is 0.705. The fourth-order valence-electron chi connectivity index (χ4n) is 9.01. The van der Waals surface area contributed by atoms with E-state index in [2.05, 4.69) is 174 Å². The molecular formula is C53H32N4. The van der Waals surface area contributed by atoms with Crippen LogP contribution in [0.15, 0.2) is 194 Å². The lowest BCUT2D eigenvalue weighted by atomic mass is 9.94. The number of rotatable bonds is 5. The normalized spacial score (nSPS) is 11.9. The number of aromatic nitrogens is 4. The molecule has 8 aromatic carbocycles. The molecule has 4 heteroatoms. The smallest absolute Gasteiger partial charge is 0.160 e. The lowest BCUT2D eigenvalue weighted by molar-refractivity contribution is 1.17. The molecule has 1 aliphatic carbocycles. The van der Waals surface area contributed by atoms with Crippen LogP contribution in [0.1, 0.15) is 0 Å². The van der Waals surface area contributed by atoms with Crippen molar-refractivity contribution in [2.45, 2.75) is 0 Å². The fraction of sp³-hybridized carbons (Fsp3) is 0. The minimum Gasteiger partial charge on any atom is -0.308 e. The third-order valence-corrected chi connectivity index (χ3v) is 11.6. The zero-order valence-corrected chi connectivity index (χ0v) is 30.8. The summed E-state index contributed by atoms with van der Waals surface area (Å²) in [5.41, 5.74) is 16.5. The van der Waals surface area contributed by atoms with Crippen LogP contribution in [-0.4, -0.2) is 19.5 Å². The Bertz CT molecular complexity index is 3300. The number of pyridine rings is 1. The van der Waals surface area contributed by atoms with Crippen molar-refractivity contribution in [2.24, 2.45) is 0 Å². The number of benzene rings is 8. The van der Waals surface area contributed by atoms with Gasteiger partial charge in [-0.2, -0.15) is 0 Å². The molecule has 0 N–H and O–H groups in total. The van der Waals surface area contributed by atoms with Crippen molar-refractivity contribution in [3.8, 4) is 73.1 Å². The van der Waals surface area contributed by atoms with Gasteiger partial charge in [-0.05, 0) is 63.4 Å². The van der Waals surface area contributed by atoms with Crippen molar-refractivity contribution in [3.05, 3.63) is 194 Å². The standard InChI is InChI=1S/C53H32N4/c1-3-14-33(15-4-1)46-32-47(56-53(55-46)35-16-5-2-6-17-35)34-26-28-36(29-27-34)57-48-25-12-10-21-44(48)50-51(54-45-24-11-9-20-43(45)52(50)57)42-31-30-41-38-19-8-7-18-37(38)39-22-13-23-40(42)49(39)41/h1-32H. The van der Waals surface area contributed by atoms with Crippen LogP contribution in [0.25, 0.3) is 117 Å². The summed E-state index contributed by atoms with van der Waals surface area (Å²) in [7, 11) is 0. The zero-order valence-electron chi connectivity index (χ0n) is 30.8. The molecule has 3 heterocycles. The van der Waals surface area contributed by atoms with Crippen molar-refractivity contribution in [1.82, 2.24) is 19.5 Å². The van der Waals surface area contributed by atoms with E-state index in [1.807, 2.05) is 24.3 Å². The van der Waals surface area contributed by atoms with E-state index in [0.717, 1.165) is 72.3 Å². The molecule has 0 fully saturated rings. The Kier molecular flexibility index (Phi) is 6.89. The Hall–Kier alpha value is -7.69. The van der Waals surface area contributed by atoms with E-state index in [9.17, 15) is 0 Å². The highest BCUT2D eigenvalue weighted by Crippen LogP contribution is 2.50. The Labute approximate surface area is 329 Å². The zero-order chi connectivity index (χ0) is 37.5. The first-order valence-corrected chi connectivity index (χ1v) is 19.4. The van der Waals surface area contributed by atoms with Gasteiger partial charge in [0.25, 0.3) is 0 Å². The molecule has 12 rings (SSSR count). The summed E-state index contributed by atoms with van der Waals surface area (Å²) in [6.45, 7) is 0. The Morgan fingerprint density at radius 1 is 0.351 bits per heavy atom. The number of fused-ring (bicyclic) bond motifs is 8. The third kappa shape index (κ3) is 4.84. The Morgan fingerprint density at radius 3 is 1.67 bits per heavy atom. The van der Waals surface area contributed by atoms with Crippen molar-refractivity contribution < 1.29 is 0 Å². The highest BCUT2D eigenvalue weighted by atomic mass is 15.0. The van der Waals surface area contributed by atoms with Gasteiger partial charge in [0.1, 0.15) is 0 Å². The van der Waals surface area contributed by atoms with Gasteiger partial charge in [-0.25, -0.2) is 15.0 Å². The van der Waals surface area contributed by atoms with Crippen LogP contribution >= 0.6 is 0 Å². The predicted octanol–water partition coefficient (Wildman–Crippen LogP) is 13.6. The van der Waals surface area contributed by atoms with Crippen molar-refractivity contribution in [2.75, 3.05) is 0 Å². The molecule has 11 aromatic rings. The molecule has 0 unspecified atom stereocenters. The maximum absolute atomic E-state index is 5.50. The number of para-hydroxylation sites is 2. The van der Waals surface area contributed by atoms with E-state index in [4.69, 9.17) is 15.0 Å². The highest BCUT2D eigenvalue weighted by molar-refractivity contribution is 6.25. The number of hydrogen-bond acceptors (Lipinski definition) is 3. The predicted molar refractivity (Wildman–Crippen MR) is 235 cm³/mol. The average molecular weight is 725 g/mol. The van der Waals surface area contributed by atoms with E-state index in [1.165, 1.54) is 38.4 Å². The van der Waals surface area contributed by atoms with Crippen LogP contribution in [-0.2, 0) is 0 Å². The monoisotopic (exact) mass is 724 g/mol. The second kappa shape index (κ2) is 12.4. The van der Waals surface area contributed by atoms with Gasteiger partial charge in [-0.3, -0.25) is 0 Å². The molecule has 264 valence electrons. The summed E-state index contributed by atoms with van der Waals surface area (Å²) in [4.78, 5) is 15.6. The lowest BCUT2D eigenvalue weighted by Gasteiger charge is -2.14. The first-order chi connectivity index (χ1) is 28.3. The lowest BCUT2D eigenvalue weighted by Crippen LogP contribution is -1.98. The van der Waals surface area contributed by atoms with Crippen molar-refractivity contribution in [1.29, 1.82) is 0 Å². The largest absolute Gasteiger partial charge is 0.308 e. The number of nitrogens with zero attached hydrogens (tertiary/aromatic N) is 4. The second-order valence-electron chi connectivity index (χ2n) is 14.7. The molecule has 0 bridgehead atoms. The molecule has 0 aliphatic heterocycles. The molecule has 0 radical (unpaired) electrons. The van der Waals surface area contributed by atoms with Crippen molar-refractivity contribution in [3.63, 3.8) is 0 Å². The van der Waals surface area contributed by atoms with Crippen LogP contribution < -0.4 is 0 Å². The maximum Gasteiger partial charge on any atom is 0.160 e. The molecule has 57 heavy (non-hydrogen) atoms. The third-order valence-electron chi connectivity index (χ3n) is 11.6. The van der Waals surface area contributed by atoms with Gasteiger partial charge < -0.3 is 4.57 Å². The highest BCUT2D eigenvalue weighted by Gasteiger charge is 2.26. The molecule has 0 saturated heterocycles. The first-order valence-electron chi connectivity index (χ1n) is 19.4.